The number of benzene rings is 1. The van der Waals surface area contributed by atoms with Gasteiger partial charge in [-0.2, -0.15) is 0 Å². The number of ether oxygens (including phenoxy) is 1. The fraction of sp³-hybridized carbons (Fsp3) is 0.625. The lowest BCUT2D eigenvalue weighted by atomic mass is 10.0. The Bertz CT molecular complexity index is 318. The van der Waals surface area contributed by atoms with Gasteiger partial charge in [-0.15, -0.1) is 0 Å². The van der Waals surface area contributed by atoms with Gasteiger partial charge in [0.15, 0.2) is 0 Å². The van der Waals surface area contributed by atoms with Crippen LogP contribution >= 0.6 is 0 Å². The van der Waals surface area contributed by atoms with E-state index in [1.54, 1.807) is 7.11 Å². The third kappa shape index (κ3) is 6.18. The summed E-state index contributed by atoms with van der Waals surface area (Å²) in [5, 5.41) is 3.47. The maximum Gasteiger partial charge on any atom is 0.0499 e. The van der Waals surface area contributed by atoms with Gasteiger partial charge in [0.1, 0.15) is 0 Å². The van der Waals surface area contributed by atoms with Gasteiger partial charge < -0.3 is 10.1 Å². The van der Waals surface area contributed by atoms with Crippen LogP contribution in [-0.4, -0.2) is 20.3 Å². The molecule has 102 valence electrons. The second-order valence-electron chi connectivity index (χ2n) is 5.61. The zero-order valence-corrected chi connectivity index (χ0v) is 12.2. The van der Waals surface area contributed by atoms with Crippen LogP contribution in [0.2, 0.25) is 0 Å². The smallest absolute Gasteiger partial charge is 0.0499 e. The van der Waals surface area contributed by atoms with Crippen LogP contribution in [0.4, 0.5) is 0 Å². The SMILES string of the molecule is COCC(C)CNCc1ccc(CC(C)C)cc1. The number of hydrogen-bond donors (Lipinski definition) is 1. The Labute approximate surface area is 112 Å². The maximum absolute atomic E-state index is 5.12. The predicted octanol–water partition coefficient (Wildman–Crippen LogP) is 3.26. The molecule has 1 unspecified atom stereocenters. The first kappa shape index (κ1) is 15.2. The molecule has 1 aromatic carbocycles. The zero-order valence-electron chi connectivity index (χ0n) is 12.2. The number of methoxy groups -OCH3 is 1. The van der Waals surface area contributed by atoms with Crippen molar-refractivity contribution in [2.45, 2.75) is 33.7 Å². The third-order valence-electron chi connectivity index (χ3n) is 2.94. The van der Waals surface area contributed by atoms with Gasteiger partial charge in [0.2, 0.25) is 0 Å². The van der Waals surface area contributed by atoms with E-state index in [0.717, 1.165) is 25.6 Å². The highest BCUT2D eigenvalue weighted by atomic mass is 16.5. The van der Waals surface area contributed by atoms with Crippen molar-refractivity contribution in [3.63, 3.8) is 0 Å². The predicted molar refractivity (Wildman–Crippen MR) is 77.7 cm³/mol. The molecule has 0 fully saturated rings. The molecule has 0 aliphatic heterocycles. The Morgan fingerprint density at radius 2 is 1.67 bits per heavy atom. The number of nitrogens with one attached hydrogen (secondary N) is 1. The monoisotopic (exact) mass is 249 g/mol. The minimum atomic E-state index is 0.565. The molecule has 0 saturated carbocycles. The fourth-order valence-electron chi connectivity index (χ4n) is 2.07. The second-order valence-corrected chi connectivity index (χ2v) is 5.61. The van der Waals surface area contributed by atoms with E-state index in [1.807, 2.05) is 0 Å². The highest BCUT2D eigenvalue weighted by Gasteiger charge is 2.01. The Hall–Kier alpha value is -0.860. The van der Waals surface area contributed by atoms with E-state index < -0.39 is 0 Å². The first-order valence-electron chi connectivity index (χ1n) is 6.89. The highest BCUT2D eigenvalue weighted by molar-refractivity contribution is 5.22. The molecule has 1 rings (SSSR count). The van der Waals surface area contributed by atoms with Crippen molar-refractivity contribution in [3.8, 4) is 0 Å². The van der Waals surface area contributed by atoms with E-state index in [0.29, 0.717) is 5.92 Å². The van der Waals surface area contributed by atoms with Gasteiger partial charge in [-0.25, -0.2) is 0 Å². The summed E-state index contributed by atoms with van der Waals surface area (Å²) >= 11 is 0. The normalized spacial score (nSPS) is 12.9. The van der Waals surface area contributed by atoms with Crippen molar-refractivity contribution in [3.05, 3.63) is 35.4 Å². The zero-order chi connectivity index (χ0) is 13.4. The minimum Gasteiger partial charge on any atom is -0.384 e. The van der Waals surface area contributed by atoms with Gasteiger partial charge in [-0.1, -0.05) is 45.0 Å². The second kappa shape index (κ2) is 8.28. The van der Waals surface area contributed by atoms with Crippen molar-refractivity contribution >= 4 is 0 Å². The standard InChI is InChI=1S/C16H27NO/c1-13(2)9-15-5-7-16(8-6-15)11-17-10-14(3)12-18-4/h5-8,13-14,17H,9-12H2,1-4H3. The largest absolute Gasteiger partial charge is 0.384 e. The van der Waals surface area contributed by atoms with Crippen LogP contribution in [0, 0.1) is 11.8 Å². The third-order valence-corrected chi connectivity index (χ3v) is 2.94. The van der Waals surface area contributed by atoms with Crippen LogP contribution in [0.5, 0.6) is 0 Å². The Kier molecular flexibility index (Phi) is 6.99. The van der Waals surface area contributed by atoms with Crippen molar-refractivity contribution in [1.29, 1.82) is 0 Å². The summed E-state index contributed by atoms with van der Waals surface area (Å²) in [6.45, 7) is 9.47. The van der Waals surface area contributed by atoms with Crippen LogP contribution in [0.15, 0.2) is 24.3 Å². The molecule has 0 aliphatic rings. The molecule has 0 radical (unpaired) electrons. The molecule has 0 amide bonds. The van der Waals surface area contributed by atoms with Crippen LogP contribution in [0.25, 0.3) is 0 Å². The summed E-state index contributed by atoms with van der Waals surface area (Å²) in [5.74, 6) is 1.29. The van der Waals surface area contributed by atoms with E-state index in [-0.39, 0.29) is 0 Å². The Morgan fingerprint density at radius 1 is 1.06 bits per heavy atom. The molecule has 2 nitrogen and oxygen atoms in total. The molecular weight excluding hydrogens is 222 g/mol. The minimum absolute atomic E-state index is 0.565. The van der Waals surface area contributed by atoms with Crippen molar-refractivity contribution in [1.82, 2.24) is 5.32 Å². The lowest BCUT2D eigenvalue weighted by molar-refractivity contribution is 0.158. The van der Waals surface area contributed by atoms with E-state index in [9.17, 15) is 0 Å². The topological polar surface area (TPSA) is 21.3 Å². The highest BCUT2D eigenvalue weighted by Crippen LogP contribution is 2.09. The molecule has 0 heterocycles. The van der Waals surface area contributed by atoms with Crippen LogP contribution in [0.1, 0.15) is 31.9 Å². The number of hydrogen-bond acceptors (Lipinski definition) is 2. The average molecular weight is 249 g/mol. The van der Waals surface area contributed by atoms with E-state index in [2.05, 4.69) is 50.4 Å². The molecule has 1 atom stereocenters. The Balaban J connectivity index is 2.30. The van der Waals surface area contributed by atoms with Crippen molar-refractivity contribution < 1.29 is 4.74 Å². The molecular formula is C16H27NO. The van der Waals surface area contributed by atoms with E-state index in [4.69, 9.17) is 4.74 Å². The fourth-order valence-corrected chi connectivity index (χ4v) is 2.07. The van der Waals surface area contributed by atoms with E-state index in [1.165, 1.54) is 17.5 Å². The van der Waals surface area contributed by atoms with Gasteiger partial charge in [-0.05, 0) is 29.4 Å². The van der Waals surface area contributed by atoms with Crippen LogP contribution in [-0.2, 0) is 17.7 Å². The number of rotatable bonds is 8. The summed E-state index contributed by atoms with van der Waals surface area (Å²) in [7, 11) is 1.75. The molecule has 0 saturated heterocycles. The molecule has 1 N–H and O–H groups in total. The molecule has 0 spiro atoms. The quantitative estimate of drug-likeness (QED) is 0.763. The summed E-state index contributed by atoms with van der Waals surface area (Å²) in [5.41, 5.74) is 2.79. The molecule has 0 aliphatic carbocycles. The van der Waals surface area contributed by atoms with Gasteiger partial charge in [0, 0.05) is 26.8 Å². The maximum atomic E-state index is 5.12. The van der Waals surface area contributed by atoms with Crippen molar-refractivity contribution in [2.75, 3.05) is 20.3 Å². The lowest BCUT2D eigenvalue weighted by Crippen LogP contribution is -2.23. The molecule has 18 heavy (non-hydrogen) atoms. The summed E-state index contributed by atoms with van der Waals surface area (Å²) in [6.07, 6.45) is 1.17. The van der Waals surface area contributed by atoms with Gasteiger partial charge >= 0.3 is 0 Å². The van der Waals surface area contributed by atoms with Gasteiger partial charge in [-0.3, -0.25) is 0 Å². The average Bonchev–Trinajstić information content (AvgIpc) is 2.31. The van der Waals surface area contributed by atoms with Crippen molar-refractivity contribution in [2.24, 2.45) is 11.8 Å². The first-order chi connectivity index (χ1) is 8.61. The van der Waals surface area contributed by atoms with E-state index >= 15 is 0 Å². The summed E-state index contributed by atoms with van der Waals surface area (Å²) < 4.78 is 5.12. The lowest BCUT2D eigenvalue weighted by Gasteiger charge is -2.12. The van der Waals surface area contributed by atoms with Gasteiger partial charge in [0.05, 0.1) is 0 Å². The van der Waals surface area contributed by atoms with Gasteiger partial charge in [0.25, 0.3) is 0 Å². The first-order valence-corrected chi connectivity index (χ1v) is 6.89. The molecule has 1 aromatic rings. The van der Waals surface area contributed by atoms with Crippen LogP contribution < -0.4 is 5.32 Å². The Morgan fingerprint density at radius 3 is 2.22 bits per heavy atom. The molecule has 0 aromatic heterocycles. The molecule has 2 heteroatoms. The summed E-state index contributed by atoms with van der Waals surface area (Å²) in [6, 6.07) is 8.95. The molecule has 0 bridgehead atoms. The van der Waals surface area contributed by atoms with Crippen LogP contribution in [0.3, 0.4) is 0 Å². The summed E-state index contributed by atoms with van der Waals surface area (Å²) in [4.78, 5) is 0.